The topological polar surface area (TPSA) is 0 Å². The molecule has 0 aliphatic carbocycles. The summed E-state index contributed by atoms with van der Waals surface area (Å²) in [5.41, 5.74) is 8.27. The number of unbranched alkanes of at least 4 members (excludes halogenated alkanes) is 2. The molecule has 2 aromatic carbocycles. The SMILES string of the molecule is C=CCCCCc1c(F)cc(C)cc1-c1cc(C(C)(C)CC(C)(C)C)cc(C)c1C. The number of benzene rings is 2. The first-order valence-corrected chi connectivity index (χ1v) is 11.4. The minimum atomic E-state index is -0.0694. The minimum Gasteiger partial charge on any atom is -0.207 e. The van der Waals surface area contributed by atoms with Crippen LogP contribution in [0, 0.1) is 32.0 Å². The van der Waals surface area contributed by atoms with Crippen LogP contribution in [0.1, 0.15) is 88.1 Å². The molecule has 0 unspecified atom stereocenters. The van der Waals surface area contributed by atoms with E-state index in [-0.39, 0.29) is 16.6 Å². The van der Waals surface area contributed by atoms with Crippen LogP contribution in [0.3, 0.4) is 0 Å². The molecule has 0 heterocycles. The molecule has 0 spiro atoms. The summed E-state index contributed by atoms with van der Waals surface area (Å²) in [7, 11) is 0. The zero-order valence-electron chi connectivity index (χ0n) is 20.5. The lowest BCUT2D eigenvalue weighted by atomic mass is 9.71. The van der Waals surface area contributed by atoms with Gasteiger partial charge in [-0.2, -0.15) is 0 Å². The molecule has 0 amide bonds. The van der Waals surface area contributed by atoms with Crippen LogP contribution in [0.5, 0.6) is 0 Å². The van der Waals surface area contributed by atoms with Gasteiger partial charge < -0.3 is 0 Å². The third-order valence-corrected chi connectivity index (χ3v) is 6.14. The van der Waals surface area contributed by atoms with Gasteiger partial charge in [0.05, 0.1) is 0 Å². The number of aryl methyl sites for hydroxylation is 2. The van der Waals surface area contributed by atoms with Gasteiger partial charge in [0.1, 0.15) is 5.82 Å². The van der Waals surface area contributed by atoms with Crippen molar-refractivity contribution in [3.63, 3.8) is 0 Å². The molecule has 0 saturated heterocycles. The summed E-state index contributed by atoms with van der Waals surface area (Å²) in [6.07, 6.45) is 6.82. The van der Waals surface area contributed by atoms with Crippen LogP contribution in [0.2, 0.25) is 0 Å². The van der Waals surface area contributed by atoms with Crippen LogP contribution in [0.15, 0.2) is 36.9 Å². The second-order valence-electron chi connectivity index (χ2n) is 10.9. The second-order valence-corrected chi connectivity index (χ2v) is 10.9. The molecule has 164 valence electrons. The van der Waals surface area contributed by atoms with Crippen molar-refractivity contribution >= 4 is 0 Å². The van der Waals surface area contributed by atoms with E-state index in [0.717, 1.165) is 48.8 Å². The maximum atomic E-state index is 15.1. The highest BCUT2D eigenvalue weighted by molar-refractivity contribution is 5.73. The van der Waals surface area contributed by atoms with Crippen molar-refractivity contribution in [1.82, 2.24) is 0 Å². The molecule has 0 bridgehead atoms. The summed E-state index contributed by atoms with van der Waals surface area (Å²) in [4.78, 5) is 0. The number of hydrogen-bond donors (Lipinski definition) is 0. The third-order valence-electron chi connectivity index (χ3n) is 6.14. The summed E-state index contributed by atoms with van der Waals surface area (Å²) >= 11 is 0. The van der Waals surface area contributed by atoms with Crippen LogP contribution < -0.4 is 0 Å². The van der Waals surface area contributed by atoms with E-state index in [2.05, 4.69) is 73.2 Å². The van der Waals surface area contributed by atoms with Crippen molar-refractivity contribution < 1.29 is 4.39 Å². The smallest absolute Gasteiger partial charge is 0.127 e. The molecule has 0 radical (unpaired) electrons. The fraction of sp³-hybridized carbons (Fsp3) is 0.517. The standard InChI is InChI=1S/C29H41F/c1-10-11-12-13-14-24-26(15-20(2)16-27(24)30)25-18-23(17-21(3)22(25)4)29(8,9)19-28(5,6)7/h10,15-18H,1,11-14,19H2,2-9H3. The first kappa shape index (κ1) is 24.4. The summed E-state index contributed by atoms with van der Waals surface area (Å²) in [5, 5.41) is 0. The first-order valence-electron chi connectivity index (χ1n) is 11.4. The molecule has 30 heavy (non-hydrogen) atoms. The molecule has 0 N–H and O–H groups in total. The van der Waals surface area contributed by atoms with Gasteiger partial charge in [0.15, 0.2) is 0 Å². The molecular formula is C29H41F. The van der Waals surface area contributed by atoms with Gasteiger partial charge in [0, 0.05) is 0 Å². The molecule has 0 nitrogen and oxygen atoms in total. The summed E-state index contributed by atoms with van der Waals surface area (Å²) in [6, 6.07) is 8.52. The Bertz CT molecular complexity index is 894. The van der Waals surface area contributed by atoms with Gasteiger partial charge in [0.2, 0.25) is 0 Å². The van der Waals surface area contributed by atoms with Crippen LogP contribution in [0.25, 0.3) is 11.1 Å². The Kier molecular flexibility index (Phi) is 7.72. The third kappa shape index (κ3) is 6.06. The quantitative estimate of drug-likeness (QED) is 0.302. The number of allylic oxidation sites excluding steroid dienone is 1. The number of halogens is 1. The summed E-state index contributed by atoms with van der Waals surface area (Å²) < 4.78 is 15.1. The van der Waals surface area contributed by atoms with Crippen LogP contribution in [-0.2, 0) is 11.8 Å². The van der Waals surface area contributed by atoms with Gasteiger partial charge >= 0.3 is 0 Å². The number of rotatable bonds is 8. The fourth-order valence-electron chi connectivity index (χ4n) is 4.81. The van der Waals surface area contributed by atoms with Crippen molar-refractivity contribution in [3.05, 3.63) is 70.6 Å². The highest BCUT2D eigenvalue weighted by Gasteiger charge is 2.28. The lowest BCUT2D eigenvalue weighted by Gasteiger charge is -2.34. The molecule has 2 rings (SSSR count). The fourth-order valence-corrected chi connectivity index (χ4v) is 4.81. The highest BCUT2D eigenvalue weighted by Crippen LogP contribution is 2.40. The second kappa shape index (κ2) is 9.50. The van der Waals surface area contributed by atoms with Gasteiger partial charge in [-0.25, -0.2) is 4.39 Å². The lowest BCUT2D eigenvalue weighted by molar-refractivity contribution is 0.284. The molecule has 1 heteroatoms. The van der Waals surface area contributed by atoms with Gasteiger partial charge in [-0.05, 0) is 109 Å². The zero-order chi connectivity index (χ0) is 22.7. The van der Waals surface area contributed by atoms with E-state index in [1.165, 1.54) is 22.3 Å². The van der Waals surface area contributed by atoms with Gasteiger partial charge in [-0.3, -0.25) is 0 Å². The molecule has 0 fully saturated rings. The Balaban J connectivity index is 2.60. The largest absolute Gasteiger partial charge is 0.207 e. The highest BCUT2D eigenvalue weighted by atomic mass is 19.1. The Morgan fingerprint density at radius 1 is 0.900 bits per heavy atom. The summed E-state index contributed by atoms with van der Waals surface area (Å²) in [5.74, 6) is -0.0694. The normalized spacial score (nSPS) is 12.3. The zero-order valence-corrected chi connectivity index (χ0v) is 20.5. The van der Waals surface area contributed by atoms with Crippen LogP contribution >= 0.6 is 0 Å². The van der Waals surface area contributed by atoms with Crippen LogP contribution in [0.4, 0.5) is 4.39 Å². The molecule has 0 saturated carbocycles. The maximum absolute atomic E-state index is 15.1. The minimum absolute atomic E-state index is 0.0535. The molecular weight excluding hydrogens is 367 g/mol. The van der Waals surface area contributed by atoms with E-state index in [4.69, 9.17) is 0 Å². The van der Waals surface area contributed by atoms with Crippen molar-refractivity contribution in [3.8, 4) is 11.1 Å². The Morgan fingerprint density at radius 2 is 1.57 bits per heavy atom. The van der Waals surface area contributed by atoms with Crippen LogP contribution in [-0.4, -0.2) is 0 Å². The van der Waals surface area contributed by atoms with Crippen molar-refractivity contribution in [1.29, 1.82) is 0 Å². The predicted octanol–water partition coefficient (Wildman–Crippen LogP) is 9.03. The number of hydrogen-bond acceptors (Lipinski definition) is 0. The van der Waals surface area contributed by atoms with Gasteiger partial charge in [-0.15, -0.1) is 6.58 Å². The average Bonchev–Trinajstić information content (AvgIpc) is 2.59. The lowest BCUT2D eigenvalue weighted by Crippen LogP contribution is -2.25. The van der Waals surface area contributed by atoms with E-state index in [0.29, 0.717) is 0 Å². The van der Waals surface area contributed by atoms with E-state index in [1.54, 1.807) is 6.07 Å². The molecule has 0 aliphatic heterocycles. The Morgan fingerprint density at radius 3 is 2.17 bits per heavy atom. The van der Waals surface area contributed by atoms with E-state index in [9.17, 15) is 0 Å². The van der Waals surface area contributed by atoms with Gasteiger partial charge in [-0.1, -0.05) is 58.9 Å². The van der Waals surface area contributed by atoms with Crippen molar-refractivity contribution in [2.24, 2.45) is 5.41 Å². The van der Waals surface area contributed by atoms with E-state index in [1.807, 2.05) is 13.0 Å². The Labute approximate surface area is 184 Å². The predicted molar refractivity (Wildman–Crippen MR) is 131 cm³/mol. The average molecular weight is 409 g/mol. The maximum Gasteiger partial charge on any atom is 0.127 e. The van der Waals surface area contributed by atoms with Crippen molar-refractivity contribution in [2.45, 2.75) is 92.9 Å². The molecule has 0 atom stereocenters. The molecule has 0 aliphatic rings. The Hall–Kier alpha value is -1.89. The van der Waals surface area contributed by atoms with Gasteiger partial charge in [0.25, 0.3) is 0 Å². The molecule has 2 aromatic rings. The first-order chi connectivity index (χ1) is 13.9. The van der Waals surface area contributed by atoms with E-state index < -0.39 is 0 Å². The summed E-state index contributed by atoms with van der Waals surface area (Å²) in [6.45, 7) is 21.7. The molecule has 0 aromatic heterocycles. The van der Waals surface area contributed by atoms with Crippen molar-refractivity contribution in [2.75, 3.05) is 0 Å². The van der Waals surface area contributed by atoms with E-state index >= 15 is 4.39 Å². The monoisotopic (exact) mass is 408 g/mol.